The molecule has 0 fully saturated rings. The largest absolute Gasteiger partial charge is 0.386 e. The van der Waals surface area contributed by atoms with Crippen molar-refractivity contribution in [2.24, 2.45) is 0 Å². The van der Waals surface area contributed by atoms with Gasteiger partial charge in [-0.3, -0.25) is 9.36 Å². The van der Waals surface area contributed by atoms with Gasteiger partial charge < -0.3 is 10.6 Å². The number of halogens is 2. The molecule has 2 heterocycles. The van der Waals surface area contributed by atoms with Gasteiger partial charge in [-0.1, -0.05) is 0 Å². The number of pyridine rings is 1. The topological polar surface area (TPSA) is 109 Å². The van der Waals surface area contributed by atoms with Crippen LogP contribution in [0.3, 0.4) is 0 Å². The highest BCUT2D eigenvalue weighted by atomic mass is 79.9. The maximum Gasteiger partial charge on any atom is 0.333 e. The van der Waals surface area contributed by atoms with Gasteiger partial charge in [-0.05, 0) is 75.9 Å². The van der Waals surface area contributed by atoms with Crippen LogP contribution in [0.15, 0.2) is 73.6 Å². The molecular weight excluding hydrogens is 535 g/mol. The SMILES string of the molecule is CNc1cc2ccn(-c3ccc(NC(=O)NS(=O)(=O)c4ccc(Br)s4)cc3)c(=O)c2cc1F. The minimum absolute atomic E-state index is 0.00572. The molecule has 2 aromatic heterocycles. The lowest BCUT2D eigenvalue weighted by Crippen LogP contribution is -2.33. The van der Waals surface area contributed by atoms with Crippen LogP contribution in [0.4, 0.5) is 20.6 Å². The summed E-state index contributed by atoms with van der Waals surface area (Å²) >= 11 is 4.15. The molecule has 2 aromatic carbocycles. The van der Waals surface area contributed by atoms with E-state index < -0.39 is 27.4 Å². The highest BCUT2D eigenvalue weighted by Crippen LogP contribution is 2.26. The summed E-state index contributed by atoms with van der Waals surface area (Å²) < 4.78 is 42.5. The maximum absolute atomic E-state index is 14.1. The molecule has 0 unspecified atom stereocenters. The molecule has 3 N–H and O–H groups in total. The lowest BCUT2D eigenvalue weighted by molar-refractivity contribution is 0.256. The van der Waals surface area contributed by atoms with Crippen molar-refractivity contribution in [3.8, 4) is 5.69 Å². The van der Waals surface area contributed by atoms with Crippen molar-refractivity contribution in [3.05, 3.63) is 80.8 Å². The van der Waals surface area contributed by atoms with Gasteiger partial charge in [0.15, 0.2) is 0 Å². The second kappa shape index (κ2) is 8.96. The van der Waals surface area contributed by atoms with Crippen molar-refractivity contribution >= 4 is 65.5 Å². The first-order valence-corrected chi connectivity index (χ1v) is 12.5. The average molecular weight is 551 g/mol. The first kappa shape index (κ1) is 23.0. The van der Waals surface area contributed by atoms with E-state index in [-0.39, 0.29) is 9.60 Å². The number of urea groups is 1. The number of thiophene rings is 1. The molecule has 0 aliphatic heterocycles. The lowest BCUT2D eigenvalue weighted by Gasteiger charge is -2.11. The summed E-state index contributed by atoms with van der Waals surface area (Å²) in [4.78, 5) is 25.0. The molecule has 0 saturated carbocycles. The number of anilines is 2. The molecule has 0 atom stereocenters. The van der Waals surface area contributed by atoms with Crippen LogP contribution in [0.1, 0.15) is 0 Å². The van der Waals surface area contributed by atoms with Gasteiger partial charge in [-0.2, -0.15) is 0 Å². The number of rotatable bonds is 5. The Hall–Kier alpha value is -3.22. The number of benzene rings is 2. The number of aromatic nitrogens is 1. The number of carbonyl (C=O) groups excluding carboxylic acids is 1. The summed E-state index contributed by atoms with van der Waals surface area (Å²) in [6.45, 7) is 0. The van der Waals surface area contributed by atoms with Gasteiger partial charge >= 0.3 is 6.03 Å². The lowest BCUT2D eigenvalue weighted by atomic mass is 10.1. The van der Waals surface area contributed by atoms with Gasteiger partial charge in [0.1, 0.15) is 10.0 Å². The van der Waals surface area contributed by atoms with Crippen molar-refractivity contribution in [3.63, 3.8) is 0 Å². The zero-order valence-corrected chi connectivity index (χ0v) is 20.1. The quantitative estimate of drug-likeness (QED) is 0.339. The Morgan fingerprint density at radius 1 is 1.09 bits per heavy atom. The minimum Gasteiger partial charge on any atom is -0.386 e. The summed E-state index contributed by atoms with van der Waals surface area (Å²) in [5.74, 6) is -0.532. The van der Waals surface area contributed by atoms with Crippen molar-refractivity contribution in [1.29, 1.82) is 0 Å². The highest BCUT2D eigenvalue weighted by Gasteiger charge is 2.19. The third-order valence-corrected chi connectivity index (χ3v) is 8.15. The molecule has 12 heteroatoms. The monoisotopic (exact) mass is 550 g/mol. The van der Waals surface area contributed by atoms with Gasteiger partial charge in [0.25, 0.3) is 15.6 Å². The molecule has 33 heavy (non-hydrogen) atoms. The number of sulfonamides is 1. The molecule has 8 nitrogen and oxygen atoms in total. The van der Waals surface area contributed by atoms with Crippen LogP contribution < -0.4 is 20.9 Å². The molecule has 0 bridgehead atoms. The number of hydrogen-bond acceptors (Lipinski definition) is 6. The van der Waals surface area contributed by atoms with Crippen LogP contribution in [0.25, 0.3) is 16.5 Å². The molecule has 170 valence electrons. The standard InChI is InChI=1S/C21H16BrFN4O4S2/c1-24-17-10-12-8-9-27(20(28)15(12)11-16(17)23)14-4-2-13(3-5-14)25-21(29)26-33(30,31)19-7-6-18(22)32-19/h2-11,24H,1H3,(H2,25,26,29). The Balaban J connectivity index is 1.54. The van der Waals surface area contributed by atoms with E-state index in [0.29, 0.717) is 26.2 Å². The number of nitrogens with one attached hydrogen (secondary N) is 3. The Kier molecular flexibility index (Phi) is 6.23. The average Bonchev–Trinajstić information content (AvgIpc) is 3.22. The Morgan fingerprint density at radius 3 is 2.45 bits per heavy atom. The van der Waals surface area contributed by atoms with E-state index in [9.17, 15) is 22.4 Å². The number of fused-ring (bicyclic) bond motifs is 1. The van der Waals surface area contributed by atoms with E-state index in [4.69, 9.17) is 0 Å². The molecule has 0 spiro atoms. The third-order valence-electron chi connectivity index (χ3n) is 4.70. The predicted octanol–water partition coefficient (Wildman–Crippen LogP) is 4.51. The molecule has 4 rings (SSSR count). The summed E-state index contributed by atoms with van der Waals surface area (Å²) in [7, 11) is -2.40. The number of carbonyl (C=O) groups is 1. The van der Waals surface area contributed by atoms with E-state index in [1.165, 1.54) is 28.8 Å². The van der Waals surface area contributed by atoms with Gasteiger partial charge in [-0.15, -0.1) is 11.3 Å². The van der Waals surface area contributed by atoms with E-state index in [0.717, 1.165) is 11.3 Å². The summed E-state index contributed by atoms with van der Waals surface area (Å²) in [5, 5.41) is 5.99. The fraction of sp³-hybridized carbons (Fsp3) is 0.0476. The molecular formula is C21H16BrFN4O4S2. The highest BCUT2D eigenvalue weighted by molar-refractivity contribution is 9.11. The van der Waals surface area contributed by atoms with Gasteiger partial charge in [-0.25, -0.2) is 22.3 Å². The number of amides is 2. The second-order valence-electron chi connectivity index (χ2n) is 6.83. The van der Waals surface area contributed by atoms with Gasteiger partial charge in [0, 0.05) is 24.6 Å². The zero-order chi connectivity index (χ0) is 23.8. The molecule has 4 aromatic rings. The molecule has 2 amide bonds. The van der Waals surface area contributed by atoms with E-state index in [2.05, 4.69) is 26.6 Å². The normalized spacial score (nSPS) is 11.4. The summed E-state index contributed by atoms with van der Waals surface area (Å²) in [6.07, 6.45) is 1.57. The van der Waals surface area contributed by atoms with Crippen molar-refractivity contribution in [1.82, 2.24) is 9.29 Å². The fourth-order valence-corrected chi connectivity index (χ4v) is 6.05. The van der Waals surface area contributed by atoms with Crippen LogP contribution in [0.2, 0.25) is 0 Å². The van der Waals surface area contributed by atoms with Crippen LogP contribution in [0.5, 0.6) is 0 Å². The van der Waals surface area contributed by atoms with Crippen LogP contribution in [-0.2, 0) is 10.0 Å². The van der Waals surface area contributed by atoms with Crippen molar-refractivity contribution in [2.75, 3.05) is 17.7 Å². The van der Waals surface area contributed by atoms with E-state index >= 15 is 0 Å². The van der Waals surface area contributed by atoms with Crippen molar-refractivity contribution < 1.29 is 17.6 Å². The Morgan fingerprint density at radius 2 is 1.82 bits per heavy atom. The van der Waals surface area contributed by atoms with Crippen LogP contribution >= 0.6 is 27.3 Å². The van der Waals surface area contributed by atoms with E-state index in [1.54, 1.807) is 43.6 Å². The van der Waals surface area contributed by atoms with Gasteiger partial charge in [0.05, 0.1) is 14.9 Å². The van der Waals surface area contributed by atoms with Crippen LogP contribution in [0, 0.1) is 5.82 Å². The molecule has 0 saturated heterocycles. The summed E-state index contributed by atoms with van der Waals surface area (Å²) in [5.41, 5.74) is 0.696. The third kappa shape index (κ3) is 4.77. The smallest absolute Gasteiger partial charge is 0.333 e. The molecule has 0 aliphatic carbocycles. The molecule has 0 radical (unpaired) electrons. The Labute approximate surface area is 200 Å². The van der Waals surface area contributed by atoms with E-state index in [1.807, 2.05) is 4.72 Å². The van der Waals surface area contributed by atoms with Crippen molar-refractivity contribution in [2.45, 2.75) is 4.21 Å². The zero-order valence-electron chi connectivity index (χ0n) is 16.9. The summed E-state index contributed by atoms with van der Waals surface area (Å²) in [6, 6.07) is 12.7. The number of nitrogens with zero attached hydrogens (tertiary/aromatic N) is 1. The van der Waals surface area contributed by atoms with Crippen LogP contribution in [-0.4, -0.2) is 26.1 Å². The first-order valence-electron chi connectivity index (χ1n) is 9.40. The Bertz CT molecular complexity index is 1530. The van der Waals surface area contributed by atoms with Gasteiger partial charge in [0.2, 0.25) is 0 Å². The second-order valence-corrected chi connectivity index (χ2v) is 11.2. The first-order chi connectivity index (χ1) is 15.7. The maximum atomic E-state index is 14.1. The number of hydrogen-bond donors (Lipinski definition) is 3. The minimum atomic E-state index is -4.00. The fourth-order valence-electron chi connectivity index (χ4n) is 3.14. The predicted molar refractivity (Wildman–Crippen MR) is 130 cm³/mol. The molecule has 0 aliphatic rings.